The molecule has 1 unspecified atom stereocenters. The largest absolute Gasteiger partial charge is 0.135 e. The molecule has 1 heteroatoms. The Balaban J connectivity index is 1.25. The SMILES string of the molecule is c1ccc(-c2cc3c4c(c2)c2ccccc2c2cccc(c24)C32c3ccccc3-c3ccc(-c4cccc5c4sc4ccccc45)cc32)cc1. The van der Waals surface area contributed by atoms with Gasteiger partial charge in [0.25, 0.3) is 0 Å². The average Bonchev–Trinajstić information content (AvgIpc) is 3.82. The molecule has 0 N–H and O–H groups in total. The summed E-state index contributed by atoms with van der Waals surface area (Å²) in [4.78, 5) is 0. The highest BCUT2D eigenvalue weighted by molar-refractivity contribution is 7.26. The Hall–Kier alpha value is -6.02. The van der Waals surface area contributed by atoms with E-state index in [2.05, 4.69) is 170 Å². The fourth-order valence-corrected chi connectivity index (χ4v) is 10.9. The van der Waals surface area contributed by atoms with E-state index >= 15 is 0 Å². The lowest BCUT2D eigenvalue weighted by molar-refractivity contribution is 0.797. The molecule has 2 aliphatic carbocycles. The van der Waals surface area contributed by atoms with Gasteiger partial charge in [0, 0.05) is 20.2 Å². The fourth-order valence-electron chi connectivity index (χ4n) is 9.68. The van der Waals surface area contributed by atoms with Crippen LogP contribution in [0.4, 0.5) is 0 Å². The molecule has 1 spiro atoms. The summed E-state index contributed by atoms with van der Waals surface area (Å²) in [5.41, 5.74) is 12.9. The van der Waals surface area contributed by atoms with Crippen LogP contribution < -0.4 is 0 Å². The van der Waals surface area contributed by atoms with Crippen LogP contribution in [0.2, 0.25) is 0 Å². The van der Waals surface area contributed by atoms with Crippen LogP contribution in [0.1, 0.15) is 22.3 Å². The predicted molar refractivity (Wildman–Crippen MR) is 214 cm³/mol. The molecule has 9 aromatic carbocycles. The zero-order valence-electron chi connectivity index (χ0n) is 27.1. The molecular formula is C49H28S. The first-order valence-electron chi connectivity index (χ1n) is 17.4. The first-order chi connectivity index (χ1) is 24.8. The molecule has 0 radical (unpaired) electrons. The molecule has 1 heterocycles. The third-order valence-corrected chi connectivity index (χ3v) is 12.9. The zero-order valence-corrected chi connectivity index (χ0v) is 27.9. The Labute approximate surface area is 293 Å². The molecule has 10 aromatic rings. The van der Waals surface area contributed by atoms with Crippen molar-refractivity contribution in [2.24, 2.45) is 0 Å². The highest BCUT2D eigenvalue weighted by Crippen LogP contribution is 2.64. The second-order valence-corrected chi connectivity index (χ2v) is 15.0. The molecular weight excluding hydrogens is 621 g/mol. The minimum atomic E-state index is -0.446. The highest BCUT2D eigenvalue weighted by atomic mass is 32.1. The van der Waals surface area contributed by atoms with E-state index < -0.39 is 5.41 Å². The van der Waals surface area contributed by atoms with E-state index in [1.54, 1.807) is 0 Å². The van der Waals surface area contributed by atoms with Gasteiger partial charge in [-0.15, -0.1) is 11.3 Å². The first-order valence-corrected chi connectivity index (χ1v) is 18.2. The van der Waals surface area contributed by atoms with Crippen LogP contribution in [0, 0.1) is 0 Å². The minimum Gasteiger partial charge on any atom is -0.135 e. The van der Waals surface area contributed by atoms with E-state index in [-0.39, 0.29) is 0 Å². The second-order valence-electron chi connectivity index (χ2n) is 13.9. The van der Waals surface area contributed by atoms with Crippen LogP contribution in [0.3, 0.4) is 0 Å². The zero-order chi connectivity index (χ0) is 32.6. The molecule has 0 bridgehead atoms. The number of hydrogen-bond donors (Lipinski definition) is 0. The van der Waals surface area contributed by atoms with Gasteiger partial charge in [-0.05, 0) is 112 Å². The number of benzene rings is 9. The summed E-state index contributed by atoms with van der Waals surface area (Å²) in [6.07, 6.45) is 0. The smallest absolute Gasteiger partial charge is 0.0726 e. The summed E-state index contributed by atoms with van der Waals surface area (Å²) >= 11 is 1.91. The highest BCUT2D eigenvalue weighted by Gasteiger charge is 2.51. The average molecular weight is 649 g/mol. The van der Waals surface area contributed by atoms with E-state index in [1.165, 1.54) is 108 Å². The van der Waals surface area contributed by atoms with Crippen molar-refractivity contribution in [2.75, 3.05) is 0 Å². The Morgan fingerprint density at radius 2 is 0.940 bits per heavy atom. The third kappa shape index (κ3) is 3.22. The summed E-state index contributed by atoms with van der Waals surface area (Å²) in [5.74, 6) is 0. The van der Waals surface area contributed by atoms with Crippen LogP contribution in [0.5, 0.6) is 0 Å². The Bertz CT molecular complexity index is 3090. The fraction of sp³-hybridized carbons (Fsp3) is 0.0204. The molecule has 1 aromatic heterocycles. The van der Waals surface area contributed by atoms with Crippen molar-refractivity contribution in [1.29, 1.82) is 0 Å². The van der Waals surface area contributed by atoms with Crippen LogP contribution in [0.15, 0.2) is 170 Å². The maximum Gasteiger partial charge on any atom is 0.0726 e. The molecule has 230 valence electrons. The van der Waals surface area contributed by atoms with Crippen molar-refractivity contribution in [2.45, 2.75) is 5.41 Å². The summed E-state index contributed by atoms with van der Waals surface area (Å²) in [7, 11) is 0. The molecule has 12 rings (SSSR count). The maximum absolute atomic E-state index is 2.54. The van der Waals surface area contributed by atoms with E-state index in [0.717, 1.165) is 0 Å². The minimum absolute atomic E-state index is 0.446. The number of rotatable bonds is 2. The normalized spacial score (nSPS) is 15.7. The van der Waals surface area contributed by atoms with Gasteiger partial charge in [0.1, 0.15) is 0 Å². The van der Waals surface area contributed by atoms with E-state index in [9.17, 15) is 0 Å². The molecule has 0 amide bonds. The topological polar surface area (TPSA) is 0 Å². The lowest BCUT2D eigenvalue weighted by Gasteiger charge is -2.31. The van der Waals surface area contributed by atoms with Gasteiger partial charge in [0.05, 0.1) is 5.41 Å². The van der Waals surface area contributed by atoms with Crippen LogP contribution >= 0.6 is 11.3 Å². The van der Waals surface area contributed by atoms with E-state index in [1.807, 2.05) is 11.3 Å². The van der Waals surface area contributed by atoms with Gasteiger partial charge in [-0.3, -0.25) is 0 Å². The molecule has 1 atom stereocenters. The number of thiophene rings is 1. The third-order valence-electron chi connectivity index (χ3n) is 11.6. The summed E-state index contributed by atoms with van der Waals surface area (Å²) < 4.78 is 2.69. The first kappa shape index (κ1) is 26.9. The van der Waals surface area contributed by atoms with Crippen molar-refractivity contribution < 1.29 is 0 Å². The quantitative estimate of drug-likeness (QED) is 0.164. The van der Waals surface area contributed by atoms with Crippen molar-refractivity contribution in [3.05, 3.63) is 192 Å². The van der Waals surface area contributed by atoms with Crippen molar-refractivity contribution in [3.63, 3.8) is 0 Å². The van der Waals surface area contributed by atoms with Crippen LogP contribution in [0.25, 0.3) is 85.9 Å². The maximum atomic E-state index is 2.54. The summed E-state index contributed by atoms with van der Waals surface area (Å²) in [6.45, 7) is 0. The lowest BCUT2D eigenvalue weighted by atomic mass is 9.69. The van der Waals surface area contributed by atoms with Gasteiger partial charge in [-0.1, -0.05) is 146 Å². The second kappa shape index (κ2) is 9.57. The molecule has 50 heavy (non-hydrogen) atoms. The Morgan fingerprint density at radius 3 is 1.84 bits per heavy atom. The molecule has 0 aliphatic heterocycles. The van der Waals surface area contributed by atoms with Crippen molar-refractivity contribution in [3.8, 4) is 33.4 Å². The Kier molecular flexibility index (Phi) is 5.14. The van der Waals surface area contributed by atoms with Crippen molar-refractivity contribution >= 4 is 63.8 Å². The van der Waals surface area contributed by atoms with Gasteiger partial charge in [-0.25, -0.2) is 0 Å². The van der Waals surface area contributed by atoms with Gasteiger partial charge in [-0.2, -0.15) is 0 Å². The standard InChI is InChI=1S/C49H28S/c1-2-12-29(13-3-1)31-26-40-34-15-5-4-14-33(34)38-19-11-22-42-46(38)47(40)44(28-31)49(42)41-21-8-6-16-35(41)36-25-24-30(27-43(36)49)32-18-10-20-39-37-17-7-9-23-45(37)50-48(32)39/h1-28H. The molecule has 0 saturated carbocycles. The van der Waals surface area contributed by atoms with Gasteiger partial charge in [0.2, 0.25) is 0 Å². The van der Waals surface area contributed by atoms with Gasteiger partial charge < -0.3 is 0 Å². The molecule has 0 nitrogen and oxygen atoms in total. The van der Waals surface area contributed by atoms with E-state index in [0.29, 0.717) is 0 Å². The van der Waals surface area contributed by atoms with E-state index in [4.69, 9.17) is 0 Å². The van der Waals surface area contributed by atoms with Gasteiger partial charge >= 0.3 is 0 Å². The Morgan fingerprint density at radius 1 is 0.320 bits per heavy atom. The number of hydrogen-bond acceptors (Lipinski definition) is 1. The van der Waals surface area contributed by atoms with Gasteiger partial charge in [0.15, 0.2) is 0 Å². The number of fused-ring (bicyclic) bond motifs is 13. The predicted octanol–water partition coefficient (Wildman–Crippen LogP) is 13.5. The lowest BCUT2D eigenvalue weighted by Crippen LogP contribution is -2.26. The van der Waals surface area contributed by atoms with Crippen LogP contribution in [-0.4, -0.2) is 0 Å². The molecule has 2 aliphatic rings. The monoisotopic (exact) mass is 648 g/mol. The molecule has 0 fully saturated rings. The van der Waals surface area contributed by atoms with Crippen molar-refractivity contribution in [1.82, 2.24) is 0 Å². The summed E-state index contributed by atoms with van der Waals surface area (Å²) in [5, 5.41) is 10.8. The van der Waals surface area contributed by atoms with Crippen LogP contribution in [-0.2, 0) is 5.41 Å². The summed E-state index contributed by atoms with van der Waals surface area (Å²) in [6, 6.07) is 64.1. The molecule has 0 saturated heterocycles.